The Morgan fingerprint density at radius 2 is 1.93 bits per heavy atom. The van der Waals surface area contributed by atoms with E-state index in [0.29, 0.717) is 23.9 Å². The molecule has 0 aromatic heterocycles. The number of rotatable bonds is 8. The SMILES string of the molecule is N#CC(Oc1ccccc1Cl)C1CN(CCCCc2ccccc2)CCO1. The molecule has 2 unspecified atom stereocenters. The molecule has 2 atom stereocenters. The number of aryl methyl sites for hydroxylation is 1. The number of hydrogen-bond donors (Lipinski definition) is 0. The first kappa shape index (κ1) is 19.7. The standard InChI is InChI=1S/C22H25ClN2O2/c23-19-11-4-5-12-20(19)27-21(16-24)22-17-25(14-15-26-22)13-7-6-10-18-8-2-1-3-9-18/h1-5,8-9,11-12,21-22H,6-7,10,13-15,17H2. The third kappa shape index (κ3) is 5.97. The summed E-state index contributed by atoms with van der Waals surface area (Å²) in [6.45, 7) is 3.23. The molecule has 0 amide bonds. The van der Waals surface area contributed by atoms with Crippen molar-refractivity contribution in [3.63, 3.8) is 0 Å². The maximum Gasteiger partial charge on any atom is 0.211 e. The summed E-state index contributed by atoms with van der Waals surface area (Å²) < 4.78 is 11.6. The lowest BCUT2D eigenvalue weighted by Gasteiger charge is -2.34. The predicted molar refractivity (Wildman–Crippen MR) is 107 cm³/mol. The Bertz CT molecular complexity index is 747. The van der Waals surface area contributed by atoms with Crippen LogP contribution in [0.3, 0.4) is 0 Å². The van der Waals surface area contributed by atoms with E-state index in [2.05, 4.69) is 35.2 Å². The van der Waals surface area contributed by atoms with Gasteiger partial charge in [0.05, 0.1) is 11.6 Å². The predicted octanol–water partition coefficient (Wildman–Crippen LogP) is 4.33. The first-order valence-corrected chi connectivity index (χ1v) is 9.83. The van der Waals surface area contributed by atoms with Crippen LogP contribution in [-0.4, -0.2) is 43.3 Å². The minimum absolute atomic E-state index is 0.269. The summed E-state index contributed by atoms with van der Waals surface area (Å²) in [5.41, 5.74) is 1.38. The van der Waals surface area contributed by atoms with Gasteiger partial charge in [0.2, 0.25) is 6.10 Å². The van der Waals surface area contributed by atoms with Crippen molar-refractivity contribution in [1.82, 2.24) is 4.90 Å². The quantitative estimate of drug-likeness (QED) is 0.635. The van der Waals surface area contributed by atoms with E-state index < -0.39 is 6.10 Å². The van der Waals surface area contributed by atoms with Gasteiger partial charge in [-0.2, -0.15) is 5.26 Å². The summed E-state index contributed by atoms with van der Waals surface area (Å²) >= 11 is 6.14. The molecule has 27 heavy (non-hydrogen) atoms. The number of morpholine rings is 1. The fourth-order valence-corrected chi connectivity index (χ4v) is 3.47. The van der Waals surface area contributed by atoms with Crippen molar-refractivity contribution in [2.24, 2.45) is 0 Å². The van der Waals surface area contributed by atoms with E-state index in [0.717, 1.165) is 32.4 Å². The Morgan fingerprint density at radius 1 is 1.15 bits per heavy atom. The summed E-state index contributed by atoms with van der Waals surface area (Å²) in [5.74, 6) is 0.523. The second-order valence-corrected chi connectivity index (χ2v) is 7.16. The summed E-state index contributed by atoms with van der Waals surface area (Å²) in [6, 6.07) is 20.0. The number of nitrogens with zero attached hydrogens (tertiary/aromatic N) is 2. The average Bonchev–Trinajstić information content (AvgIpc) is 2.72. The lowest BCUT2D eigenvalue weighted by atomic mass is 10.1. The molecular weight excluding hydrogens is 360 g/mol. The molecule has 0 N–H and O–H groups in total. The van der Waals surface area contributed by atoms with Crippen LogP contribution in [0.25, 0.3) is 0 Å². The van der Waals surface area contributed by atoms with Crippen LogP contribution in [0.2, 0.25) is 5.02 Å². The monoisotopic (exact) mass is 384 g/mol. The molecule has 0 spiro atoms. The highest BCUT2D eigenvalue weighted by molar-refractivity contribution is 6.32. The molecule has 4 nitrogen and oxygen atoms in total. The van der Waals surface area contributed by atoms with Crippen LogP contribution in [0.15, 0.2) is 54.6 Å². The van der Waals surface area contributed by atoms with Gasteiger partial charge in [0.15, 0.2) is 0 Å². The third-order valence-electron chi connectivity index (χ3n) is 4.77. The van der Waals surface area contributed by atoms with E-state index in [-0.39, 0.29) is 6.10 Å². The summed E-state index contributed by atoms with van der Waals surface area (Å²) in [7, 11) is 0. The van der Waals surface area contributed by atoms with Gasteiger partial charge >= 0.3 is 0 Å². The molecule has 1 aliphatic heterocycles. The molecule has 1 heterocycles. The normalized spacial score (nSPS) is 18.6. The third-order valence-corrected chi connectivity index (χ3v) is 5.08. The minimum Gasteiger partial charge on any atom is -0.471 e. The van der Waals surface area contributed by atoms with Crippen LogP contribution in [0.4, 0.5) is 0 Å². The van der Waals surface area contributed by atoms with Crippen molar-refractivity contribution in [2.75, 3.05) is 26.2 Å². The molecule has 1 fully saturated rings. The molecule has 0 aliphatic carbocycles. The van der Waals surface area contributed by atoms with E-state index >= 15 is 0 Å². The van der Waals surface area contributed by atoms with Gasteiger partial charge in [0, 0.05) is 13.1 Å². The second-order valence-electron chi connectivity index (χ2n) is 6.75. The number of ether oxygens (including phenoxy) is 2. The molecule has 1 aliphatic rings. The molecular formula is C22H25ClN2O2. The van der Waals surface area contributed by atoms with E-state index in [1.54, 1.807) is 12.1 Å². The van der Waals surface area contributed by atoms with Crippen molar-refractivity contribution in [3.05, 3.63) is 65.2 Å². The molecule has 5 heteroatoms. The number of hydrogen-bond acceptors (Lipinski definition) is 4. The Labute approximate surface area is 166 Å². The van der Waals surface area contributed by atoms with Crippen LogP contribution >= 0.6 is 11.6 Å². The lowest BCUT2D eigenvalue weighted by molar-refractivity contribution is -0.0657. The Kier molecular flexibility index (Phi) is 7.53. The van der Waals surface area contributed by atoms with Crippen LogP contribution in [0, 0.1) is 11.3 Å². The molecule has 0 saturated carbocycles. The summed E-state index contributed by atoms with van der Waals surface area (Å²) in [6.07, 6.45) is 2.45. The largest absolute Gasteiger partial charge is 0.471 e. The number of nitriles is 1. The summed E-state index contributed by atoms with van der Waals surface area (Å²) in [4.78, 5) is 2.36. The fraction of sp³-hybridized carbons (Fsp3) is 0.409. The van der Waals surface area contributed by atoms with Gasteiger partial charge in [-0.25, -0.2) is 0 Å². The topological polar surface area (TPSA) is 45.5 Å². The van der Waals surface area contributed by atoms with E-state index in [9.17, 15) is 5.26 Å². The van der Waals surface area contributed by atoms with Crippen molar-refractivity contribution in [3.8, 4) is 11.8 Å². The molecule has 0 radical (unpaired) electrons. The van der Waals surface area contributed by atoms with E-state index in [1.165, 1.54) is 5.56 Å². The van der Waals surface area contributed by atoms with Crippen molar-refractivity contribution >= 4 is 11.6 Å². The lowest BCUT2D eigenvalue weighted by Crippen LogP contribution is -2.49. The highest BCUT2D eigenvalue weighted by Crippen LogP contribution is 2.25. The van der Waals surface area contributed by atoms with Gasteiger partial charge < -0.3 is 9.47 Å². The number of unbranched alkanes of at least 4 members (excludes halogenated alkanes) is 1. The van der Waals surface area contributed by atoms with Gasteiger partial charge in [-0.15, -0.1) is 0 Å². The van der Waals surface area contributed by atoms with Gasteiger partial charge in [0.25, 0.3) is 0 Å². The maximum absolute atomic E-state index is 9.54. The molecule has 2 aromatic rings. The first-order valence-electron chi connectivity index (χ1n) is 9.45. The van der Waals surface area contributed by atoms with Crippen molar-refractivity contribution < 1.29 is 9.47 Å². The molecule has 3 rings (SSSR count). The number of benzene rings is 2. The molecule has 142 valence electrons. The van der Waals surface area contributed by atoms with Crippen molar-refractivity contribution in [1.29, 1.82) is 5.26 Å². The Hall–Kier alpha value is -2.06. The van der Waals surface area contributed by atoms with Gasteiger partial charge in [-0.3, -0.25) is 4.90 Å². The highest BCUT2D eigenvalue weighted by atomic mass is 35.5. The molecule has 2 aromatic carbocycles. The van der Waals surface area contributed by atoms with Gasteiger partial charge in [-0.05, 0) is 43.5 Å². The van der Waals surface area contributed by atoms with Crippen molar-refractivity contribution in [2.45, 2.75) is 31.5 Å². The van der Waals surface area contributed by atoms with Crippen LogP contribution in [-0.2, 0) is 11.2 Å². The zero-order valence-electron chi connectivity index (χ0n) is 15.4. The summed E-state index contributed by atoms with van der Waals surface area (Å²) in [5, 5.41) is 10.0. The second kappa shape index (κ2) is 10.3. The highest BCUT2D eigenvalue weighted by Gasteiger charge is 2.30. The van der Waals surface area contributed by atoms with E-state index in [4.69, 9.17) is 21.1 Å². The van der Waals surface area contributed by atoms with E-state index in [1.807, 2.05) is 18.2 Å². The minimum atomic E-state index is -0.669. The number of halogens is 1. The smallest absolute Gasteiger partial charge is 0.211 e. The Morgan fingerprint density at radius 3 is 2.70 bits per heavy atom. The average molecular weight is 385 g/mol. The zero-order valence-corrected chi connectivity index (χ0v) is 16.1. The Balaban J connectivity index is 1.46. The van der Waals surface area contributed by atoms with Gasteiger partial charge in [0.1, 0.15) is 17.9 Å². The van der Waals surface area contributed by atoms with Crippen LogP contribution < -0.4 is 4.74 Å². The maximum atomic E-state index is 9.54. The molecule has 0 bridgehead atoms. The first-order chi connectivity index (χ1) is 13.3. The van der Waals surface area contributed by atoms with Crippen LogP contribution in [0.1, 0.15) is 18.4 Å². The van der Waals surface area contributed by atoms with Crippen LogP contribution in [0.5, 0.6) is 5.75 Å². The fourth-order valence-electron chi connectivity index (χ4n) is 3.29. The number of para-hydroxylation sites is 1. The zero-order chi connectivity index (χ0) is 18.9. The molecule has 1 saturated heterocycles. The van der Waals surface area contributed by atoms with Gasteiger partial charge in [-0.1, -0.05) is 54.1 Å².